The van der Waals surface area contributed by atoms with Crippen molar-refractivity contribution in [1.29, 1.82) is 0 Å². The van der Waals surface area contributed by atoms with Gasteiger partial charge >= 0.3 is 12.4 Å². The van der Waals surface area contributed by atoms with E-state index in [2.05, 4.69) is 29.8 Å². The number of rotatable bonds is 14. The van der Waals surface area contributed by atoms with Crippen molar-refractivity contribution in [2.75, 3.05) is 26.2 Å². The van der Waals surface area contributed by atoms with Crippen LogP contribution in [0.3, 0.4) is 0 Å². The standard InChI is InChI=1S/C27H26ClF3O4.C14H8ClF3O2.C13H19BrO2/c1-25(2,35-16-17-8-10-18(33-3)11-9-17)12-13-34-19-14-22-24(23(28)15-19)20-6-4-5-7-21(20)26(22,32)27(29,30)31;15-11-6-7(19)5-10-12(11)8-3-1-2-4-9(8)13(10,20)14(16,17)18;1-13(2,8-9-14)16-10-11-4-6-12(15-3)7-5-11/h4-11,14-15,32H,12-13,16H2,1-3H3;1-6,19-20H;4-7H,8-10H2,1-3H3/t26-;13-;/m11./s1. The van der Waals surface area contributed by atoms with Gasteiger partial charge in [-0.25, -0.2) is 0 Å². The Bertz CT molecular complexity index is 2790. The minimum absolute atomic E-state index is 0.0346. The molecule has 0 bridgehead atoms. The third kappa shape index (κ3) is 12.1. The Balaban J connectivity index is 0.000000193. The second-order valence-corrected chi connectivity index (χ2v) is 19.6. The first-order valence-corrected chi connectivity index (χ1v) is 24.1. The first kappa shape index (κ1) is 55.3. The van der Waals surface area contributed by atoms with Crippen LogP contribution in [0.25, 0.3) is 22.3 Å². The Morgan fingerprint density at radius 2 is 0.944 bits per heavy atom. The lowest BCUT2D eigenvalue weighted by molar-refractivity contribution is -0.247. The van der Waals surface area contributed by atoms with Crippen LogP contribution < -0.4 is 14.2 Å². The lowest BCUT2D eigenvalue weighted by Gasteiger charge is -2.29. The average Bonchev–Trinajstić information content (AvgIpc) is 3.75. The molecule has 0 aliphatic heterocycles. The van der Waals surface area contributed by atoms with E-state index in [4.69, 9.17) is 46.9 Å². The van der Waals surface area contributed by atoms with Crippen LogP contribution in [-0.4, -0.2) is 65.0 Å². The molecule has 0 unspecified atom stereocenters. The predicted octanol–water partition coefficient (Wildman–Crippen LogP) is 14.5. The summed E-state index contributed by atoms with van der Waals surface area (Å²) < 4.78 is 110. The summed E-state index contributed by atoms with van der Waals surface area (Å²) in [5.74, 6) is 1.36. The number of alkyl halides is 7. The zero-order valence-electron chi connectivity index (χ0n) is 39.6. The lowest BCUT2D eigenvalue weighted by Crippen LogP contribution is -2.41. The highest BCUT2D eigenvalue weighted by atomic mass is 79.9. The van der Waals surface area contributed by atoms with Gasteiger partial charge in [0.2, 0.25) is 11.2 Å². The minimum Gasteiger partial charge on any atom is -0.508 e. The summed E-state index contributed by atoms with van der Waals surface area (Å²) in [6.45, 7) is 9.25. The van der Waals surface area contributed by atoms with E-state index in [9.17, 15) is 41.7 Å². The Hall–Kier alpha value is -5.00. The molecule has 0 saturated heterocycles. The number of phenols is 1. The fourth-order valence-electron chi connectivity index (χ4n) is 8.10. The van der Waals surface area contributed by atoms with Crippen molar-refractivity contribution in [3.63, 3.8) is 0 Å². The quantitative estimate of drug-likeness (QED) is 0.0732. The molecule has 380 valence electrons. The second kappa shape index (κ2) is 22.0. The van der Waals surface area contributed by atoms with Gasteiger partial charge < -0.3 is 39.0 Å². The van der Waals surface area contributed by atoms with E-state index in [1.807, 2.05) is 62.4 Å². The van der Waals surface area contributed by atoms with Gasteiger partial charge in [-0.05, 0) is 105 Å². The summed E-state index contributed by atoms with van der Waals surface area (Å²) >= 11 is 15.8. The molecular weight excluding hydrogens is 1040 g/mol. The maximum Gasteiger partial charge on any atom is 0.425 e. The summed E-state index contributed by atoms with van der Waals surface area (Å²) in [4.78, 5) is 0. The molecule has 0 saturated carbocycles. The number of methoxy groups -OCH3 is 2. The molecule has 2 aliphatic carbocycles. The van der Waals surface area contributed by atoms with Gasteiger partial charge in [-0.3, -0.25) is 0 Å². The van der Waals surface area contributed by atoms with E-state index in [0.29, 0.717) is 19.6 Å². The lowest BCUT2D eigenvalue weighted by atomic mass is 9.90. The Labute approximate surface area is 427 Å². The van der Waals surface area contributed by atoms with Gasteiger partial charge in [-0.15, -0.1) is 0 Å². The molecule has 0 radical (unpaired) electrons. The maximum absolute atomic E-state index is 14.1. The van der Waals surface area contributed by atoms with Gasteiger partial charge in [0.25, 0.3) is 0 Å². The second-order valence-electron chi connectivity index (χ2n) is 18.0. The predicted molar refractivity (Wildman–Crippen MR) is 266 cm³/mol. The minimum atomic E-state index is -4.94. The van der Waals surface area contributed by atoms with E-state index >= 15 is 0 Å². The van der Waals surface area contributed by atoms with E-state index in [1.165, 1.54) is 54.1 Å². The SMILES string of the molecule is COc1ccc(COC(C)(C)CCBr)cc1.COc1ccc(COC(C)(C)CCOc2cc(Cl)c3c(c2)[C@@](O)(C(F)(F)F)c2ccccc2-3)cc1.Oc1cc(Cl)c2c(c1)[C@@](O)(C(F)(F)F)c1ccccc1-2. The molecule has 3 N–H and O–H groups in total. The zero-order chi connectivity index (χ0) is 52.2. The molecule has 0 fully saturated rings. The van der Waals surface area contributed by atoms with Gasteiger partial charge in [0.1, 0.15) is 23.0 Å². The van der Waals surface area contributed by atoms with Crippen LogP contribution in [0.1, 0.15) is 73.9 Å². The normalized spacial score (nSPS) is 16.9. The fourth-order valence-corrected chi connectivity index (χ4v) is 9.68. The summed E-state index contributed by atoms with van der Waals surface area (Å²) in [7, 11) is 3.27. The zero-order valence-corrected chi connectivity index (χ0v) is 42.7. The number of hydrogen-bond donors (Lipinski definition) is 3. The molecule has 2 atom stereocenters. The van der Waals surface area contributed by atoms with Gasteiger partial charge in [-0.2, -0.15) is 26.3 Å². The Morgan fingerprint density at radius 3 is 1.37 bits per heavy atom. The average molecular weight is 1090 g/mol. The summed E-state index contributed by atoms with van der Waals surface area (Å²) in [6, 6.07) is 31.8. The van der Waals surface area contributed by atoms with Crippen LogP contribution in [0.15, 0.2) is 121 Å². The fraction of sp³-hybridized carbons (Fsp3) is 0.333. The first-order chi connectivity index (χ1) is 33.3. The van der Waals surface area contributed by atoms with Gasteiger partial charge in [0.15, 0.2) is 0 Å². The van der Waals surface area contributed by atoms with Crippen LogP contribution >= 0.6 is 39.1 Å². The van der Waals surface area contributed by atoms with Crippen molar-refractivity contribution in [2.45, 2.75) is 88.5 Å². The number of benzene rings is 6. The van der Waals surface area contributed by atoms with Crippen molar-refractivity contribution in [1.82, 2.24) is 0 Å². The maximum atomic E-state index is 14.1. The molecule has 6 aromatic carbocycles. The van der Waals surface area contributed by atoms with Gasteiger partial charge in [0, 0.05) is 45.1 Å². The molecule has 0 amide bonds. The highest BCUT2D eigenvalue weighted by Crippen LogP contribution is 2.59. The summed E-state index contributed by atoms with van der Waals surface area (Å²) in [5.41, 5.74) is -5.38. The molecule has 0 spiro atoms. The van der Waals surface area contributed by atoms with Crippen molar-refractivity contribution in [3.8, 4) is 45.3 Å². The van der Waals surface area contributed by atoms with Gasteiger partial charge in [-0.1, -0.05) is 112 Å². The number of aromatic hydroxyl groups is 1. The Kier molecular flexibility index (Phi) is 17.1. The highest BCUT2D eigenvalue weighted by Gasteiger charge is 2.62. The van der Waals surface area contributed by atoms with Gasteiger partial charge in [0.05, 0.1) is 55.3 Å². The molecule has 8 rings (SSSR count). The topological polar surface area (TPSA) is 107 Å². The van der Waals surface area contributed by atoms with Crippen LogP contribution in [-0.2, 0) is 33.9 Å². The molecular formula is C54H53BrCl2F6O8. The van der Waals surface area contributed by atoms with Crippen molar-refractivity contribution >= 4 is 39.1 Å². The number of phenolic OH excluding ortho intramolecular Hbond substituents is 1. The molecule has 0 aromatic heterocycles. The molecule has 17 heteroatoms. The number of aliphatic hydroxyl groups is 2. The van der Waals surface area contributed by atoms with Crippen LogP contribution in [0.4, 0.5) is 26.3 Å². The molecule has 8 nitrogen and oxygen atoms in total. The van der Waals surface area contributed by atoms with E-state index < -0.39 is 40.5 Å². The smallest absolute Gasteiger partial charge is 0.425 e. The van der Waals surface area contributed by atoms with Crippen molar-refractivity contribution in [2.24, 2.45) is 0 Å². The van der Waals surface area contributed by atoms with E-state index in [1.54, 1.807) is 26.4 Å². The van der Waals surface area contributed by atoms with Crippen LogP contribution in [0.2, 0.25) is 10.0 Å². The van der Waals surface area contributed by atoms with Crippen molar-refractivity contribution in [3.05, 3.63) is 165 Å². The number of halogens is 9. The molecule has 2 aliphatic rings. The molecule has 71 heavy (non-hydrogen) atoms. The number of hydrogen-bond acceptors (Lipinski definition) is 8. The van der Waals surface area contributed by atoms with Crippen LogP contribution in [0, 0.1) is 0 Å². The third-order valence-electron chi connectivity index (χ3n) is 12.2. The summed E-state index contributed by atoms with van der Waals surface area (Å²) in [6.07, 6.45) is -8.39. The van der Waals surface area contributed by atoms with Crippen LogP contribution in [0.5, 0.6) is 23.0 Å². The van der Waals surface area contributed by atoms with E-state index in [-0.39, 0.29) is 66.9 Å². The Morgan fingerprint density at radius 1 is 0.535 bits per heavy atom. The third-order valence-corrected chi connectivity index (χ3v) is 13.2. The summed E-state index contributed by atoms with van der Waals surface area (Å²) in [5, 5.41) is 31.7. The van der Waals surface area contributed by atoms with E-state index in [0.717, 1.165) is 40.9 Å². The van der Waals surface area contributed by atoms with Crippen molar-refractivity contribution < 1.29 is 65.3 Å². The number of fused-ring (bicyclic) bond motifs is 6. The number of ether oxygens (including phenoxy) is 5. The largest absolute Gasteiger partial charge is 0.508 e. The molecule has 0 heterocycles. The molecule has 6 aromatic rings. The highest BCUT2D eigenvalue weighted by molar-refractivity contribution is 9.09. The first-order valence-electron chi connectivity index (χ1n) is 22.2. The monoisotopic (exact) mass is 1090 g/mol.